The number of piperazine rings is 1. The van der Waals surface area contributed by atoms with Crippen molar-refractivity contribution in [3.05, 3.63) is 77.0 Å². The first kappa shape index (κ1) is 23.0. The number of anilines is 1. The van der Waals surface area contributed by atoms with Crippen molar-refractivity contribution in [3.63, 3.8) is 0 Å². The van der Waals surface area contributed by atoms with E-state index in [9.17, 15) is 9.18 Å². The molecule has 35 heavy (non-hydrogen) atoms. The molecule has 5 rings (SSSR count). The molecular weight excluding hydrogens is 443 g/mol. The van der Waals surface area contributed by atoms with E-state index in [0.717, 1.165) is 58.0 Å². The van der Waals surface area contributed by atoms with Crippen LogP contribution in [0, 0.1) is 19.7 Å². The predicted octanol–water partition coefficient (Wildman–Crippen LogP) is 4.49. The molecule has 8 heteroatoms. The van der Waals surface area contributed by atoms with Gasteiger partial charge < -0.3 is 9.80 Å². The van der Waals surface area contributed by atoms with E-state index in [2.05, 4.69) is 11.8 Å². The van der Waals surface area contributed by atoms with E-state index in [1.54, 1.807) is 16.8 Å². The van der Waals surface area contributed by atoms with Crippen molar-refractivity contribution in [2.45, 2.75) is 33.6 Å². The summed E-state index contributed by atoms with van der Waals surface area (Å²) in [4.78, 5) is 26.9. The highest BCUT2D eigenvalue weighted by atomic mass is 19.1. The van der Waals surface area contributed by atoms with E-state index in [0.29, 0.717) is 26.2 Å². The Hall–Kier alpha value is -3.81. The zero-order valence-corrected chi connectivity index (χ0v) is 20.3. The highest BCUT2D eigenvalue weighted by Crippen LogP contribution is 2.30. The van der Waals surface area contributed by atoms with Crippen molar-refractivity contribution in [2.24, 2.45) is 0 Å². The summed E-state index contributed by atoms with van der Waals surface area (Å²) < 4.78 is 15.3. The summed E-state index contributed by atoms with van der Waals surface area (Å²) in [5.74, 6) is 1.38. The van der Waals surface area contributed by atoms with Gasteiger partial charge in [-0.25, -0.2) is 19.0 Å². The van der Waals surface area contributed by atoms with Gasteiger partial charge in [-0.2, -0.15) is 5.10 Å². The summed E-state index contributed by atoms with van der Waals surface area (Å²) >= 11 is 0. The van der Waals surface area contributed by atoms with E-state index < -0.39 is 0 Å². The third-order valence-electron chi connectivity index (χ3n) is 6.44. The lowest BCUT2D eigenvalue weighted by atomic mass is 10.1. The fourth-order valence-electron chi connectivity index (χ4n) is 4.53. The lowest BCUT2D eigenvalue weighted by molar-refractivity contribution is 0.0746. The van der Waals surface area contributed by atoms with Gasteiger partial charge in [0.05, 0.1) is 16.8 Å². The Bertz CT molecular complexity index is 1360. The molecule has 3 heterocycles. The van der Waals surface area contributed by atoms with Gasteiger partial charge in [-0.05, 0) is 56.7 Å². The number of hydrogen-bond donors (Lipinski definition) is 0. The normalized spacial score (nSPS) is 14.1. The average Bonchev–Trinajstić information content (AvgIpc) is 3.20. The fraction of sp³-hybridized carbons (Fsp3) is 0.333. The van der Waals surface area contributed by atoms with Crippen molar-refractivity contribution in [1.82, 2.24) is 24.6 Å². The maximum atomic E-state index is 13.5. The third-order valence-corrected chi connectivity index (χ3v) is 6.44. The molecule has 0 aliphatic carbocycles. The van der Waals surface area contributed by atoms with Gasteiger partial charge >= 0.3 is 0 Å². The summed E-state index contributed by atoms with van der Waals surface area (Å²) in [5, 5.41) is 5.63. The van der Waals surface area contributed by atoms with Crippen LogP contribution in [-0.2, 0) is 6.42 Å². The summed E-state index contributed by atoms with van der Waals surface area (Å²) in [6, 6.07) is 14.0. The SMILES string of the molecule is CCCc1nc(N2CCN(C(=O)c3ccc(C)cc3)CC2)c2c(C)nn(-c3ccc(F)cc3)c2n1. The van der Waals surface area contributed by atoms with E-state index in [4.69, 9.17) is 15.1 Å². The van der Waals surface area contributed by atoms with Crippen LogP contribution in [-0.4, -0.2) is 56.7 Å². The van der Waals surface area contributed by atoms with Crippen LogP contribution >= 0.6 is 0 Å². The second-order valence-corrected chi connectivity index (χ2v) is 9.03. The molecule has 2 aromatic heterocycles. The topological polar surface area (TPSA) is 67.2 Å². The van der Waals surface area contributed by atoms with E-state index >= 15 is 0 Å². The molecule has 1 aliphatic heterocycles. The number of amides is 1. The van der Waals surface area contributed by atoms with Crippen LogP contribution in [0.2, 0.25) is 0 Å². The smallest absolute Gasteiger partial charge is 0.253 e. The molecule has 0 bridgehead atoms. The predicted molar refractivity (Wildman–Crippen MR) is 135 cm³/mol. The largest absolute Gasteiger partial charge is 0.352 e. The average molecular weight is 473 g/mol. The molecule has 0 spiro atoms. The highest BCUT2D eigenvalue weighted by molar-refractivity contribution is 5.95. The molecule has 0 radical (unpaired) electrons. The number of fused-ring (bicyclic) bond motifs is 1. The van der Waals surface area contributed by atoms with Crippen LogP contribution in [0.1, 0.15) is 40.8 Å². The highest BCUT2D eigenvalue weighted by Gasteiger charge is 2.26. The van der Waals surface area contributed by atoms with Crippen molar-refractivity contribution in [1.29, 1.82) is 0 Å². The molecule has 0 saturated carbocycles. The first-order valence-corrected chi connectivity index (χ1v) is 12.1. The van der Waals surface area contributed by atoms with Gasteiger partial charge in [-0.3, -0.25) is 4.79 Å². The lowest BCUT2D eigenvalue weighted by Gasteiger charge is -2.35. The zero-order chi connectivity index (χ0) is 24.5. The Morgan fingerprint density at radius 1 is 0.943 bits per heavy atom. The van der Waals surface area contributed by atoms with Crippen LogP contribution < -0.4 is 4.90 Å². The van der Waals surface area contributed by atoms with Crippen molar-refractivity contribution in [2.75, 3.05) is 31.1 Å². The molecule has 0 unspecified atom stereocenters. The standard InChI is InChI=1S/C27H29FN6O/c1-4-5-23-29-25(24-19(3)31-34(26(24)30-23)22-12-10-21(28)11-13-22)32-14-16-33(17-15-32)27(35)20-8-6-18(2)7-9-20/h6-13H,4-5,14-17H2,1-3H3. The molecule has 0 atom stereocenters. The number of aromatic nitrogens is 4. The quantitative estimate of drug-likeness (QED) is 0.428. The Morgan fingerprint density at radius 3 is 2.29 bits per heavy atom. The number of halogens is 1. The molecule has 1 amide bonds. The van der Waals surface area contributed by atoms with Crippen molar-refractivity contribution < 1.29 is 9.18 Å². The molecule has 4 aromatic rings. The van der Waals surface area contributed by atoms with Crippen LogP contribution in [0.5, 0.6) is 0 Å². The minimum atomic E-state index is -0.290. The summed E-state index contributed by atoms with van der Waals surface area (Å²) in [6.45, 7) is 8.66. The van der Waals surface area contributed by atoms with Gasteiger partial charge in [0.25, 0.3) is 5.91 Å². The van der Waals surface area contributed by atoms with Crippen LogP contribution in [0.15, 0.2) is 48.5 Å². The first-order chi connectivity index (χ1) is 16.9. The number of rotatable bonds is 5. The number of carbonyl (C=O) groups is 1. The lowest BCUT2D eigenvalue weighted by Crippen LogP contribution is -2.49. The van der Waals surface area contributed by atoms with Crippen LogP contribution in [0.3, 0.4) is 0 Å². The maximum absolute atomic E-state index is 13.5. The Kier molecular flexibility index (Phi) is 6.19. The van der Waals surface area contributed by atoms with E-state index in [-0.39, 0.29) is 11.7 Å². The van der Waals surface area contributed by atoms with Crippen LogP contribution in [0.25, 0.3) is 16.7 Å². The minimum Gasteiger partial charge on any atom is -0.352 e. The number of aryl methyl sites for hydroxylation is 3. The van der Waals surface area contributed by atoms with Gasteiger partial charge in [0, 0.05) is 38.2 Å². The summed E-state index contributed by atoms with van der Waals surface area (Å²) in [7, 11) is 0. The molecule has 7 nitrogen and oxygen atoms in total. The molecular formula is C27H29FN6O. The number of benzene rings is 2. The molecule has 1 saturated heterocycles. The van der Waals surface area contributed by atoms with Gasteiger partial charge in [0.1, 0.15) is 17.5 Å². The van der Waals surface area contributed by atoms with E-state index in [1.165, 1.54) is 12.1 Å². The van der Waals surface area contributed by atoms with Crippen molar-refractivity contribution >= 4 is 22.8 Å². The molecule has 2 aromatic carbocycles. The Morgan fingerprint density at radius 2 is 1.63 bits per heavy atom. The Balaban J connectivity index is 1.46. The molecule has 1 aliphatic rings. The monoisotopic (exact) mass is 472 g/mol. The van der Waals surface area contributed by atoms with Gasteiger partial charge in [0.2, 0.25) is 0 Å². The molecule has 1 fully saturated rings. The van der Waals surface area contributed by atoms with Crippen LogP contribution in [0.4, 0.5) is 10.2 Å². The third kappa shape index (κ3) is 4.48. The van der Waals surface area contributed by atoms with Gasteiger partial charge in [-0.1, -0.05) is 24.6 Å². The van der Waals surface area contributed by atoms with Crippen molar-refractivity contribution in [3.8, 4) is 5.69 Å². The number of hydrogen-bond acceptors (Lipinski definition) is 5. The van der Waals surface area contributed by atoms with E-state index in [1.807, 2.05) is 43.0 Å². The number of carbonyl (C=O) groups excluding carboxylic acids is 1. The number of nitrogens with zero attached hydrogens (tertiary/aromatic N) is 6. The molecule has 0 N–H and O–H groups in total. The van der Waals surface area contributed by atoms with Gasteiger partial charge in [-0.15, -0.1) is 0 Å². The summed E-state index contributed by atoms with van der Waals surface area (Å²) in [6.07, 6.45) is 1.68. The Labute approximate surface area is 204 Å². The maximum Gasteiger partial charge on any atom is 0.253 e. The first-order valence-electron chi connectivity index (χ1n) is 12.1. The second-order valence-electron chi connectivity index (χ2n) is 9.03. The van der Waals surface area contributed by atoms with Gasteiger partial charge in [0.15, 0.2) is 5.65 Å². The minimum absolute atomic E-state index is 0.0597. The fourth-order valence-corrected chi connectivity index (χ4v) is 4.53. The molecule has 180 valence electrons. The summed E-state index contributed by atoms with van der Waals surface area (Å²) in [5.41, 5.74) is 4.15. The second kappa shape index (κ2) is 9.44. The zero-order valence-electron chi connectivity index (χ0n) is 20.3.